The van der Waals surface area contributed by atoms with Crippen LogP contribution in [0.25, 0.3) is 0 Å². The van der Waals surface area contributed by atoms with E-state index < -0.39 is 222 Å². The van der Waals surface area contributed by atoms with Crippen molar-refractivity contribution in [1.82, 2.24) is 16.0 Å². The highest BCUT2D eigenvalue weighted by Gasteiger charge is 2.55. The predicted octanol–water partition coefficient (Wildman–Crippen LogP) is 9.38. The number of phosphoric ester groups is 3. The van der Waals surface area contributed by atoms with Gasteiger partial charge in [-0.05, 0) is 218 Å². The first-order valence-electron chi connectivity index (χ1n) is 44.5. The van der Waals surface area contributed by atoms with Crippen molar-refractivity contribution in [3.8, 4) is 0 Å². The number of nitrogens with two attached hydrogens (primary N) is 1. The van der Waals surface area contributed by atoms with Gasteiger partial charge in [-0.2, -0.15) is 4.31 Å². The van der Waals surface area contributed by atoms with Crippen molar-refractivity contribution in [2.45, 2.75) is 380 Å². The summed E-state index contributed by atoms with van der Waals surface area (Å²) in [7, 11) is -16.6. The molecule has 4 aliphatic heterocycles. The van der Waals surface area contributed by atoms with Crippen molar-refractivity contribution in [2.24, 2.45) is 5.73 Å². The second-order valence-electron chi connectivity index (χ2n) is 34.7. The van der Waals surface area contributed by atoms with Crippen molar-refractivity contribution >= 4 is 41.2 Å². The standard InChI is InChI=1S/C90H153N4O32P3/c1-54(2)27-17-28-55(3)29-18-30-56(4)31-19-32-57(5)33-20-34-58(6)35-21-36-59(7)37-22-38-60(8)39-23-40-61(9)41-24-42-62(10)43-25-44-63(11)45-26-46-64(12)47-48-116-128(111,112)126-129(113,114)125-89-76(93-67(15)98)85(74(91)65(13)119-89)123-90-84(108)83(107)80(104)73(122-90)53-118-127(109,110)117-52-70(101)78(102)69(100)51-115-87-77(94-68(16)99)86(81(105)72(50-96)120-87)124-88-75(92-66(14)97)82(106)79(103)71(49-95)121-88/h27,29,31,33,35,37,39,41,43,45,47,65,69-90,95-96,100-108H,17-26,28,30,32,34,36,38,40,42,44,46,48-53,91H2,1-16H3,(H,92,97)(H,93,98)(H,94,99)(H,109,110)(H,111,112)(H,113,114)/b55-29+,56-31+,57-33-,58-35-,59-37-,60-39-,61-41-,62-43-,63-45-,64-47-/t65-,69+,70-,71-,72-,73-,74+,75-,76-,77-,78+,79+,80-,81+,82-,83+,84-,85+,86-,87-,88-,89+,90+/m1/s1. The lowest BCUT2D eigenvalue weighted by molar-refractivity contribution is -0.330. The number of phosphoric acid groups is 3. The topological polar surface area (TPSA) is 559 Å². The molecule has 740 valence electrons. The minimum Gasteiger partial charge on any atom is -0.394 e. The van der Waals surface area contributed by atoms with Crippen LogP contribution < -0.4 is 21.7 Å². The molecule has 3 unspecified atom stereocenters. The molecule has 0 aromatic rings. The van der Waals surface area contributed by atoms with Crippen LogP contribution >= 0.6 is 23.5 Å². The third-order valence-electron chi connectivity index (χ3n) is 22.5. The van der Waals surface area contributed by atoms with E-state index in [1.165, 1.54) is 68.7 Å². The lowest BCUT2D eigenvalue weighted by atomic mass is 9.94. The van der Waals surface area contributed by atoms with Gasteiger partial charge in [-0.1, -0.05) is 128 Å². The van der Waals surface area contributed by atoms with Crippen molar-refractivity contribution in [3.63, 3.8) is 0 Å². The van der Waals surface area contributed by atoms with E-state index in [0.717, 1.165) is 142 Å². The normalized spacial score (nSPS) is 29.8. The number of ether oxygens (including phenoxy) is 7. The Bertz CT molecular complexity index is 3960. The van der Waals surface area contributed by atoms with Crippen molar-refractivity contribution in [2.75, 3.05) is 39.6 Å². The summed E-state index contributed by atoms with van der Waals surface area (Å²) in [5, 5.41) is 125. The van der Waals surface area contributed by atoms with Crippen LogP contribution in [-0.2, 0) is 83.6 Å². The molecule has 0 aromatic heterocycles. The molecule has 0 aliphatic carbocycles. The molecule has 0 aromatic carbocycles. The van der Waals surface area contributed by atoms with Gasteiger partial charge in [-0.25, -0.2) is 13.7 Å². The zero-order chi connectivity index (χ0) is 96.6. The van der Waals surface area contributed by atoms with Gasteiger partial charge in [0, 0.05) is 20.8 Å². The average molecular weight is 1900 g/mol. The first kappa shape index (κ1) is 116. The van der Waals surface area contributed by atoms with Gasteiger partial charge in [0.2, 0.25) is 17.7 Å². The highest BCUT2D eigenvalue weighted by atomic mass is 31.3. The van der Waals surface area contributed by atoms with E-state index in [9.17, 15) is 98.9 Å². The summed E-state index contributed by atoms with van der Waals surface area (Å²) in [5.74, 6) is -2.40. The molecule has 0 saturated carbocycles. The molecule has 26 atom stereocenters. The van der Waals surface area contributed by atoms with Crippen LogP contribution in [0.2, 0.25) is 0 Å². The molecule has 4 rings (SSSR count). The predicted molar refractivity (Wildman–Crippen MR) is 484 cm³/mol. The molecule has 39 heteroatoms. The van der Waals surface area contributed by atoms with E-state index in [-0.39, 0.29) is 0 Å². The van der Waals surface area contributed by atoms with Crippen LogP contribution in [0.1, 0.15) is 239 Å². The number of carbonyl (C=O) groups excluding carboxylic acids is 3. The largest absolute Gasteiger partial charge is 0.483 e. The van der Waals surface area contributed by atoms with E-state index in [1.807, 2.05) is 0 Å². The van der Waals surface area contributed by atoms with Gasteiger partial charge in [0.15, 0.2) is 25.2 Å². The summed E-state index contributed by atoms with van der Waals surface area (Å²) in [4.78, 5) is 69.4. The summed E-state index contributed by atoms with van der Waals surface area (Å²) in [5.41, 5.74) is 21.3. The summed E-state index contributed by atoms with van der Waals surface area (Å²) >= 11 is 0. The smallest absolute Gasteiger partial charge is 0.394 e. The number of nitrogens with one attached hydrogen (secondary N) is 3. The minimum absolute atomic E-state index is 0.540. The van der Waals surface area contributed by atoms with E-state index >= 15 is 0 Å². The van der Waals surface area contributed by atoms with Gasteiger partial charge in [0.05, 0.1) is 51.8 Å². The lowest BCUT2D eigenvalue weighted by Gasteiger charge is -2.48. The number of carbonyl (C=O) groups is 3. The molecule has 19 N–H and O–H groups in total. The Balaban J connectivity index is 1.19. The maximum atomic E-state index is 13.5. The summed E-state index contributed by atoms with van der Waals surface area (Å²) in [6.07, 6.45) is 9.01. The Morgan fingerprint density at radius 2 is 0.729 bits per heavy atom. The van der Waals surface area contributed by atoms with E-state index in [4.69, 9.17) is 57.0 Å². The fourth-order valence-corrected chi connectivity index (χ4v) is 17.5. The third kappa shape index (κ3) is 44.2. The Kier molecular flexibility index (Phi) is 53.5. The number of aliphatic hydroxyl groups is 11. The number of rotatable bonds is 57. The average Bonchev–Trinajstić information content (AvgIpc) is 0.778. The Hall–Kier alpha value is -4.84. The van der Waals surface area contributed by atoms with Gasteiger partial charge in [0.1, 0.15) is 104 Å². The zero-order valence-electron chi connectivity index (χ0n) is 78.0. The fraction of sp³-hybridized carbons (Fsp3) is 0.722. The maximum Gasteiger partial charge on any atom is 0.483 e. The van der Waals surface area contributed by atoms with Crippen LogP contribution in [0, 0.1) is 0 Å². The molecular formula is C90H153N4O32P3. The van der Waals surface area contributed by atoms with E-state index in [1.54, 1.807) is 6.92 Å². The fourth-order valence-electron chi connectivity index (χ4n) is 14.6. The van der Waals surface area contributed by atoms with Crippen LogP contribution in [0.4, 0.5) is 0 Å². The molecule has 129 heavy (non-hydrogen) atoms. The van der Waals surface area contributed by atoms with Crippen LogP contribution in [0.15, 0.2) is 128 Å². The van der Waals surface area contributed by atoms with Gasteiger partial charge in [-0.3, -0.25) is 32.5 Å². The molecular weight excluding hydrogens is 1740 g/mol. The number of allylic oxidation sites excluding steroid dienone is 21. The molecule has 4 aliphatic rings. The van der Waals surface area contributed by atoms with Gasteiger partial charge in [0.25, 0.3) is 0 Å². The van der Waals surface area contributed by atoms with E-state index in [0.29, 0.717) is 12.8 Å². The Labute approximate surface area is 761 Å². The monoisotopic (exact) mass is 1890 g/mol. The Morgan fingerprint density at radius 1 is 0.380 bits per heavy atom. The molecule has 0 spiro atoms. The highest BCUT2D eigenvalue weighted by molar-refractivity contribution is 7.61. The van der Waals surface area contributed by atoms with Crippen LogP contribution in [0.3, 0.4) is 0 Å². The molecule has 36 nitrogen and oxygen atoms in total. The number of amides is 3. The molecule has 4 heterocycles. The molecule has 4 saturated heterocycles. The van der Waals surface area contributed by atoms with Crippen molar-refractivity contribution in [1.29, 1.82) is 0 Å². The summed E-state index contributed by atoms with van der Waals surface area (Å²) < 4.78 is 105. The first-order chi connectivity index (χ1) is 60.6. The second-order valence-corrected chi connectivity index (χ2v) is 39.2. The van der Waals surface area contributed by atoms with Gasteiger partial charge < -0.3 is 126 Å². The number of hydrogen-bond acceptors (Lipinski definition) is 30. The van der Waals surface area contributed by atoms with Gasteiger partial charge >= 0.3 is 23.5 Å². The first-order valence-corrected chi connectivity index (χ1v) is 49.0. The Morgan fingerprint density at radius 3 is 1.13 bits per heavy atom. The highest BCUT2D eigenvalue weighted by Crippen LogP contribution is 2.61. The SMILES string of the molecule is CC(=O)N[C@H]1[C@@H](O[C@H]2[C@@H](O)[C@@H](CO)O[C@@H](OC[C@H](O)[C@H](O)[C@H](O)COP(=O)(O)OC[C@H]3O[C@@H](O[C@H]4[C@@H](N)[C@@H](C)O[C@@H](OP(=O)(O)OP(=O)(O)OC/C=C(/C)CC/C=C(/C)CC/C=C(/C)CC/C=C(/C)CC/C=C(/C)CC/C=C(/C)CC/C=C(/C)CC/C=C(/C)CC/C=C(\C)CC/C=C(\C)CCC=C(C)C)[C@@H]4NC(C)=O)[C@H](O)[C@@H](O)[C@@H]3O)[C@@H]2NC(C)=O)O[C@H](CO)[C@H](O)[C@@H]1O. The van der Waals surface area contributed by atoms with Gasteiger partial charge in [-0.15, -0.1) is 0 Å². The molecule has 4 fully saturated rings. The van der Waals surface area contributed by atoms with E-state index in [2.05, 4.69) is 157 Å². The maximum absolute atomic E-state index is 13.5. The summed E-state index contributed by atoms with van der Waals surface area (Å²) in [6.45, 7) is 24.6. The van der Waals surface area contributed by atoms with Crippen LogP contribution in [-0.4, -0.2) is 269 Å². The summed E-state index contributed by atoms with van der Waals surface area (Å²) in [6, 6.07) is -6.34. The second kappa shape index (κ2) is 59.2. The quantitative estimate of drug-likeness (QED) is 0.0199. The molecule has 0 radical (unpaired) electrons. The lowest BCUT2D eigenvalue weighted by Crippen LogP contribution is -2.69. The van der Waals surface area contributed by atoms with Crippen LogP contribution in [0.5, 0.6) is 0 Å². The molecule has 3 amide bonds. The number of hydrogen-bond donors (Lipinski definition) is 18. The van der Waals surface area contributed by atoms with Crippen molar-refractivity contribution in [3.05, 3.63) is 128 Å². The zero-order valence-corrected chi connectivity index (χ0v) is 80.7. The van der Waals surface area contributed by atoms with Crippen molar-refractivity contribution < 1.29 is 154 Å². The number of aliphatic hydroxyl groups excluding tert-OH is 11. The minimum atomic E-state index is -5.74. The third-order valence-corrected chi connectivity index (χ3v) is 26.1. The molecule has 0 bridgehead atoms.